The molecule has 0 unspecified atom stereocenters. The zero-order valence-electron chi connectivity index (χ0n) is 10.0. The van der Waals surface area contributed by atoms with E-state index in [4.69, 9.17) is 10.2 Å². The smallest absolute Gasteiger partial charge is 0.323 e. The lowest BCUT2D eigenvalue weighted by atomic mass is 10.5. The molecule has 1 aromatic heterocycles. The summed E-state index contributed by atoms with van der Waals surface area (Å²) in [6, 6.07) is 0.986. The van der Waals surface area contributed by atoms with Crippen LogP contribution in [0.3, 0.4) is 0 Å². The fourth-order valence-corrected chi connectivity index (χ4v) is 1.35. The molecular weight excluding hydrogens is 256 g/mol. The lowest BCUT2D eigenvalue weighted by molar-refractivity contribution is -0.140. The van der Waals surface area contributed by atoms with Crippen LogP contribution in [0, 0.1) is 0 Å². The Balaban J connectivity index is 2.42. The van der Waals surface area contributed by atoms with Crippen molar-refractivity contribution in [3.63, 3.8) is 0 Å². The third kappa shape index (κ3) is 5.52. The molecule has 0 bridgehead atoms. The SMILES string of the molecule is O=C(O)CN(CC(=O)O)C(=O)NCCn1cccn1. The number of hydrogen-bond donors (Lipinski definition) is 3. The van der Waals surface area contributed by atoms with Crippen molar-refractivity contribution in [3.05, 3.63) is 18.5 Å². The third-order valence-electron chi connectivity index (χ3n) is 2.12. The normalized spacial score (nSPS) is 9.89. The molecule has 0 aliphatic rings. The highest BCUT2D eigenvalue weighted by molar-refractivity contribution is 5.84. The summed E-state index contributed by atoms with van der Waals surface area (Å²) in [5, 5.41) is 23.5. The van der Waals surface area contributed by atoms with Crippen molar-refractivity contribution in [2.24, 2.45) is 0 Å². The van der Waals surface area contributed by atoms with Gasteiger partial charge in [0, 0.05) is 18.9 Å². The molecular formula is C10H14N4O5. The van der Waals surface area contributed by atoms with Crippen LogP contribution in [0.2, 0.25) is 0 Å². The Morgan fingerprint density at radius 1 is 1.21 bits per heavy atom. The summed E-state index contributed by atoms with van der Waals surface area (Å²) in [6.45, 7) is -0.706. The van der Waals surface area contributed by atoms with Gasteiger partial charge in [-0.2, -0.15) is 5.10 Å². The van der Waals surface area contributed by atoms with E-state index in [0.717, 1.165) is 0 Å². The van der Waals surface area contributed by atoms with E-state index in [1.807, 2.05) is 0 Å². The van der Waals surface area contributed by atoms with Crippen LogP contribution in [0.4, 0.5) is 4.79 Å². The minimum absolute atomic E-state index is 0.219. The van der Waals surface area contributed by atoms with Gasteiger partial charge in [-0.25, -0.2) is 4.79 Å². The molecule has 1 rings (SSSR count). The number of rotatable bonds is 7. The maximum Gasteiger partial charge on any atom is 0.323 e. The Morgan fingerprint density at radius 3 is 2.32 bits per heavy atom. The third-order valence-corrected chi connectivity index (χ3v) is 2.12. The van der Waals surface area contributed by atoms with E-state index in [0.29, 0.717) is 11.4 Å². The highest BCUT2D eigenvalue weighted by Gasteiger charge is 2.18. The molecule has 1 aromatic rings. The Kier molecular flexibility index (Phi) is 5.33. The fourth-order valence-electron chi connectivity index (χ4n) is 1.35. The molecule has 0 saturated heterocycles. The lowest BCUT2D eigenvalue weighted by Crippen LogP contribution is -2.46. The largest absolute Gasteiger partial charge is 0.480 e. The lowest BCUT2D eigenvalue weighted by Gasteiger charge is -2.18. The molecule has 0 spiro atoms. The molecule has 2 amide bonds. The summed E-state index contributed by atoms with van der Waals surface area (Å²) in [7, 11) is 0. The Bertz CT molecular complexity index is 429. The van der Waals surface area contributed by atoms with Crippen LogP contribution in [0.25, 0.3) is 0 Å². The zero-order valence-corrected chi connectivity index (χ0v) is 10.0. The predicted molar refractivity (Wildman–Crippen MR) is 62.5 cm³/mol. The van der Waals surface area contributed by atoms with Crippen molar-refractivity contribution < 1.29 is 24.6 Å². The Morgan fingerprint density at radius 2 is 1.84 bits per heavy atom. The first kappa shape index (κ1) is 14.5. The molecule has 9 nitrogen and oxygen atoms in total. The van der Waals surface area contributed by atoms with E-state index in [1.165, 1.54) is 0 Å². The van der Waals surface area contributed by atoms with Crippen LogP contribution < -0.4 is 5.32 Å². The zero-order chi connectivity index (χ0) is 14.3. The first-order valence-corrected chi connectivity index (χ1v) is 5.43. The van der Waals surface area contributed by atoms with Gasteiger partial charge in [0.15, 0.2) is 0 Å². The van der Waals surface area contributed by atoms with E-state index in [1.54, 1.807) is 23.1 Å². The number of aliphatic carboxylic acids is 2. The fraction of sp³-hybridized carbons (Fsp3) is 0.400. The van der Waals surface area contributed by atoms with Crippen LogP contribution in [-0.4, -0.2) is 62.5 Å². The minimum atomic E-state index is -1.27. The predicted octanol–water partition coefficient (Wildman–Crippen LogP) is -0.936. The van der Waals surface area contributed by atoms with Crippen LogP contribution in [-0.2, 0) is 16.1 Å². The van der Waals surface area contributed by atoms with Gasteiger partial charge in [0.05, 0.1) is 6.54 Å². The molecule has 19 heavy (non-hydrogen) atoms. The van der Waals surface area contributed by atoms with E-state index in [9.17, 15) is 14.4 Å². The molecule has 0 aromatic carbocycles. The van der Waals surface area contributed by atoms with Gasteiger partial charge >= 0.3 is 18.0 Å². The minimum Gasteiger partial charge on any atom is -0.480 e. The van der Waals surface area contributed by atoms with Crippen molar-refractivity contribution in [1.82, 2.24) is 20.0 Å². The molecule has 0 fully saturated rings. The van der Waals surface area contributed by atoms with Crippen molar-refractivity contribution in [2.45, 2.75) is 6.54 Å². The van der Waals surface area contributed by atoms with E-state index >= 15 is 0 Å². The maximum absolute atomic E-state index is 11.6. The number of urea groups is 1. The number of carboxylic acid groups (broad SMARTS) is 2. The quantitative estimate of drug-likeness (QED) is 0.587. The van der Waals surface area contributed by atoms with Gasteiger partial charge in [-0.1, -0.05) is 0 Å². The topological polar surface area (TPSA) is 125 Å². The van der Waals surface area contributed by atoms with Gasteiger partial charge in [0.1, 0.15) is 13.1 Å². The molecule has 0 atom stereocenters. The summed E-state index contributed by atoms with van der Waals surface area (Å²) in [5.74, 6) is -2.55. The van der Waals surface area contributed by atoms with E-state index in [-0.39, 0.29) is 6.54 Å². The summed E-state index contributed by atoms with van der Waals surface area (Å²) < 4.78 is 1.58. The summed E-state index contributed by atoms with van der Waals surface area (Å²) in [6.07, 6.45) is 3.29. The molecule has 0 radical (unpaired) electrons. The van der Waals surface area contributed by atoms with Crippen molar-refractivity contribution >= 4 is 18.0 Å². The second kappa shape index (κ2) is 6.99. The van der Waals surface area contributed by atoms with Crippen LogP contribution in [0.15, 0.2) is 18.5 Å². The van der Waals surface area contributed by atoms with Gasteiger partial charge in [-0.15, -0.1) is 0 Å². The maximum atomic E-state index is 11.6. The number of hydrogen-bond acceptors (Lipinski definition) is 4. The first-order chi connectivity index (χ1) is 8.99. The molecule has 0 saturated carbocycles. The van der Waals surface area contributed by atoms with E-state index < -0.39 is 31.1 Å². The van der Waals surface area contributed by atoms with Gasteiger partial charge in [0.25, 0.3) is 0 Å². The van der Waals surface area contributed by atoms with Gasteiger partial charge < -0.3 is 20.4 Å². The van der Waals surface area contributed by atoms with Gasteiger partial charge in [0.2, 0.25) is 0 Å². The monoisotopic (exact) mass is 270 g/mol. The standard InChI is InChI=1S/C10H14N4O5/c15-8(16)6-13(7-9(17)18)10(19)11-3-5-14-4-1-2-12-14/h1-2,4H,3,5-7H2,(H,11,19)(H,15,16)(H,17,18). The van der Waals surface area contributed by atoms with Crippen molar-refractivity contribution in [2.75, 3.05) is 19.6 Å². The number of carboxylic acids is 2. The van der Waals surface area contributed by atoms with Crippen molar-refractivity contribution in [1.29, 1.82) is 0 Å². The highest BCUT2D eigenvalue weighted by atomic mass is 16.4. The van der Waals surface area contributed by atoms with E-state index in [2.05, 4.69) is 10.4 Å². The molecule has 0 aliphatic heterocycles. The number of amides is 2. The average molecular weight is 270 g/mol. The number of nitrogens with zero attached hydrogens (tertiary/aromatic N) is 3. The first-order valence-electron chi connectivity index (χ1n) is 5.43. The van der Waals surface area contributed by atoms with Crippen LogP contribution in [0.1, 0.15) is 0 Å². The highest BCUT2D eigenvalue weighted by Crippen LogP contribution is 1.91. The number of carbonyl (C=O) groups excluding carboxylic acids is 1. The Labute approximate surface area is 108 Å². The summed E-state index contributed by atoms with van der Waals surface area (Å²) in [4.78, 5) is 33.4. The second-order valence-electron chi connectivity index (χ2n) is 3.64. The molecule has 104 valence electrons. The molecule has 1 heterocycles. The second-order valence-corrected chi connectivity index (χ2v) is 3.64. The summed E-state index contributed by atoms with van der Waals surface area (Å²) in [5.41, 5.74) is 0. The van der Waals surface area contributed by atoms with Crippen LogP contribution >= 0.6 is 0 Å². The van der Waals surface area contributed by atoms with Gasteiger partial charge in [-0.05, 0) is 6.07 Å². The Hall–Kier alpha value is -2.58. The molecule has 9 heteroatoms. The number of aromatic nitrogens is 2. The van der Waals surface area contributed by atoms with Crippen LogP contribution in [0.5, 0.6) is 0 Å². The van der Waals surface area contributed by atoms with Gasteiger partial charge in [-0.3, -0.25) is 14.3 Å². The summed E-state index contributed by atoms with van der Waals surface area (Å²) >= 11 is 0. The average Bonchev–Trinajstić information content (AvgIpc) is 2.79. The number of carbonyl (C=O) groups is 3. The van der Waals surface area contributed by atoms with Crippen molar-refractivity contribution in [3.8, 4) is 0 Å². The molecule has 0 aliphatic carbocycles. The number of nitrogens with one attached hydrogen (secondary N) is 1. The molecule has 3 N–H and O–H groups in total.